The van der Waals surface area contributed by atoms with Crippen LogP contribution < -0.4 is 4.74 Å². The zero-order valence-corrected chi connectivity index (χ0v) is 11.3. The Hall–Kier alpha value is -0.250. The summed E-state index contributed by atoms with van der Waals surface area (Å²) in [7, 11) is 0. The number of alkyl halides is 1. The number of rotatable bonds is 4. The van der Waals surface area contributed by atoms with E-state index in [2.05, 4.69) is 15.9 Å². The summed E-state index contributed by atoms with van der Waals surface area (Å²) in [5.41, 5.74) is 1.07. The molecule has 1 heterocycles. The van der Waals surface area contributed by atoms with Crippen molar-refractivity contribution in [1.82, 2.24) is 0 Å². The Bertz CT molecular complexity index is 351. The Kier molecular flexibility index (Phi) is 4.50. The maximum Gasteiger partial charge on any atom is 0.142 e. The van der Waals surface area contributed by atoms with Crippen molar-refractivity contribution in [1.29, 1.82) is 0 Å². The van der Waals surface area contributed by atoms with Crippen LogP contribution in [0.2, 0.25) is 5.02 Å². The first-order chi connectivity index (χ1) is 7.81. The molecule has 0 spiro atoms. The van der Waals surface area contributed by atoms with Crippen LogP contribution in [0.4, 0.5) is 0 Å². The van der Waals surface area contributed by atoms with Gasteiger partial charge in [0.25, 0.3) is 0 Å². The molecule has 0 N–H and O–H groups in total. The summed E-state index contributed by atoms with van der Waals surface area (Å²) < 4.78 is 11.3. The van der Waals surface area contributed by atoms with Crippen LogP contribution in [0.1, 0.15) is 18.4 Å². The highest BCUT2D eigenvalue weighted by atomic mass is 79.9. The number of hydrogen-bond acceptors (Lipinski definition) is 2. The van der Waals surface area contributed by atoms with E-state index in [0.717, 1.165) is 36.1 Å². The fourth-order valence-corrected chi connectivity index (χ4v) is 2.46. The molecule has 0 amide bonds. The Morgan fingerprint density at radius 3 is 3.06 bits per heavy atom. The Morgan fingerprint density at radius 1 is 1.50 bits per heavy atom. The minimum atomic E-state index is 0.222. The topological polar surface area (TPSA) is 18.5 Å². The van der Waals surface area contributed by atoms with Crippen LogP contribution >= 0.6 is 27.5 Å². The van der Waals surface area contributed by atoms with E-state index in [-0.39, 0.29) is 6.10 Å². The highest BCUT2D eigenvalue weighted by Gasteiger charge is 2.17. The van der Waals surface area contributed by atoms with Crippen molar-refractivity contribution in [2.24, 2.45) is 0 Å². The summed E-state index contributed by atoms with van der Waals surface area (Å²) in [5.74, 6) is 0.775. The van der Waals surface area contributed by atoms with Gasteiger partial charge in [-0.2, -0.15) is 0 Å². The monoisotopic (exact) mass is 304 g/mol. The molecule has 0 aromatic heterocycles. The van der Waals surface area contributed by atoms with Gasteiger partial charge in [0.15, 0.2) is 0 Å². The van der Waals surface area contributed by atoms with Gasteiger partial charge in [-0.05, 0) is 18.9 Å². The fourth-order valence-electron chi connectivity index (χ4n) is 1.77. The van der Waals surface area contributed by atoms with Gasteiger partial charge >= 0.3 is 0 Å². The van der Waals surface area contributed by atoms with E-state index in [1.165, 1.54) is 0 Å². The average molecular weight is 306 g/mol. The molecule has 16 heavy (non-hydrogen) atoms. The van der Waals surface area contributed by atoms with Crippen molar-refractivity contribution in [2.45, 2.75) is 24.3 Å². The summed E-state index contributed by atoms with van der Waals surface area (Å²) in [5, 5.41) is 1.41. The SMILES string of the molecule is Clc1cccc(CBr)c1OCC1CCCO1. The van der Waals surface area contributed by atoms with Crippen molar-refractivity contribution >= 4 is 27.5 Å². The maximum atomic E-state index is 6.11. The molecule has 2 nitrogen and oxygen atoms in total. The zero-order chi connectivity index (χ0) is 11.4. The third kappa shape index (κ3) is 2.90. The van der Waals surface area contributed by atoms with E-state index in [1.54, 1.807) is 0 Å². The van der Waals surface area contributed by atoms with E-state index in [9.17, 15) is 0 Å². The molecule has 1 aliphatic heterocycles. The van der Waals surface area contributed by atoms with Crippen LogP contribution in [0.3, 0.4) is 0 Å². The smallest absolute Gasteiger partial charge is 0.142 e. The van der Waals surface area contributed by atoms with Crippen molar-refractivity contribution in [3.63, 3.8) is 0 Å². The average Bonchev–Trinajstić information content (AvgIpc) is 2.80. The molecular formula is C12H14BrClO2. The normalized spacial score (nSPS) is 20.0. The van der Waals surface area contributed by atoms with E-state index in [1.807, 2.05) is 18.2 Å². The zero-order valence-electron chi connectivity index (χ0n) is 8.92. The van der Waals surface area contributed by atoms with Crippen molar-refractivity contribution in [3.8, 4) is 5.75 Å². The molecule has 2 rings (SSSR count). The molecule has 0 bridgehead atoms. The lowest BCUT2D eigenvalue weighted by atomic mass is 10.2. The number of hydrogen-bond donors (Lipinski definition) is 0. The lowest BCUT2D eigenvalue weighted by molar-refractivity contribution is 0.0677. The van der Waals surface area contributed by atoms with E-state index in [0.29, 0.717) is 11.6 Å². The van der Waals surface area contributed by atoms with Crippen LogP contribution in [0.5, 0.6) is 5.75 Å². The summed E-state index contributed by atoms with van der Waals surface area (Å²) in [6.07, 6.45) is 2.43. The maximum absolute atomic E-state index is 6.11. The van der Waals surface area contributed by atoms with Gasteiger partial charge in [0.05, 0.1) is 11.1 Å². The predicted octanol–water partition coefficient (Wildman–Crippen LogP) is 3.79. The summed E-state index contributed by atoms with van der Waals surface area (Å²) in [4.78, 5) is 0. The molecule has 0 radical (unpaired) electrons. The molecule has 1 atom stereocenters. The second-order valence-electron chi connectivity index (χ2n) is 3.81. The lowest BCUT2D eigenvalue weighted by Gasteiger charge is -2.14. The minimum Gasteiger partial charge on any atom is -0.489 e. The third-order valence-electron chi connectivity index (χ3n) is 2.63. The van der Waals surface area contributed by atoms with Gasteiger partial charge in [0, 0.05) is 17.5 Å². The van der Waals surface area contributed by atoms with Gasteiger partial charge in [-0.1, -0.05) is 39.7 Å². The minimum absolute atomic E-state index is 0.222. The van der Waals surface area contributed by atoms with Crippen LogP contribution in [0.15, 0.2) is 18.2 Å². The molecular weight excluding hydrogens is 291 g/mol. The van der Waals surface area contributed by atoms with Gasteiger partial charge in [-0.3, -0.25) is 0 Å². The van der Waals surface area contributed by atoms with Gasteiger partial charge in [0.1, 0.15) is 12.4 Å². The molecule has 1 aromatic carbocycles. The predicted molar refractivity (Wildman–Crippen MR) is 68.6 cm³/mol. The van der Waals surface area contributed by atoms with Crippen LogP contribution in [0, 0.1) is 0 Å². The van der Waals surface area contributed by atoms with E-state index >= 15 is 0 Å². The first-order valence-corrected chi connectivity index (χ1v) is 6.89. The number of halogens is 2. The Morgan fingerprint density at radius 2 is 2.38 bits per heavy atom. The molecule has 1 fully saturated rings. The van der Waals surface area contributed by atoms with Gasteiger partial charge < -0.3 is 9.47 Å². The van der Waals surface area contributed by atoms with Crippen molar-refractivity contribution in [3.05, 3.63) is 28.8 Å². The first-order valence-electron chi connectivity index (χ1n) is 5.39. The van der Waals surface area contributed by atoms with Gasteiger partial charge in [-0.15, -0.1) is 0 Å². The molecule has 1 unspecified atom stereocenters. The molecule has 1 aromatic rings. The Balaban J connectivity index is 2.01. The number of benzene rings is 1. The van der Waals surface area contributed by atoms with Gasteiger partial charge in [-0.25, -0.2) is 0 Å². The second kappa shape index (κ2) is 5.89. The second-order valence-corrected chi connectivity index (χ2v) is 4.78. The standard InChI is InChI=1S/C12H14BrClO2/c13-7-9-3-1-5-11(14)12(9)16-8-10-4-2-6-15-10/h1,3,5,10H,2,4,6-8H2. The largest absolute Gasteiger partial charge is 0.489 e. The van der Waals surface area contributed by atoms with E-state index in [4.69, 9.17) is 21.1 Å². The highest BCUT2D eigenvalue weighted by molar-refractivity contribution is 9.08. The molecule has 0 aliphatic carbocycles. The molecule has 88 valence electrons. The van der Waals surface area contributed by atoms with Crippen LogP contribution in [0.25, 0.3) is 0 Å². The molecule has 0 saturated carbocycles. The first kappa shape index (κ1) is 12.2. The Labute approximate surface area is 109 Å². The van der Waals surface area contributed by atoms with Crippen LogP contribution in [-0.2, 0) is 10.1 Å². The lowest BCUT2D eigenvalue weighted by Crippen LogP contribution is -2.16. The molecule has 1 saturated heterocycles. The third-order valence-corrected chi connectivity index (χ3v) is 3.53. The summed E-state index contributed by atoms with van der Waals surface area (Å²) >= 11 is 9.53. The molecule has 1 aliphatic rings. The van der Waals surface area contributed by atoms with Crippen molar-refractivity contribution in [2.75, 3.05) is 13.2 Å². The van der Waals surface area contributed by atoms with Gasteiger partial charge in [0.2, 0.25) is 0 Å². The highest BCUT2D eigenvalue weighted by Crippen LogP contribution is 2.30. The summed E-state index contributed by atoms with van der Waals surface area (Å²) in [6, 6.07) is 5.78. The van der Waals surface area contributed by atoms with Crippen molar-refractivity contribution < 1.29 is 9.47 Å². The number of para-hydroxylation sites is 1. The van der Waals surface area contributed by atoms with Crippen LogP contribution in [-0.4, -0.2) is 19.3 Å². The fraction of sp³-hybridized carbons (Fsp3) is 0.500. The quantitative estimate of drug-likeness (QED) is 0.788. The summed E-state index contributed by atoms with van der Waals surface area (Å²) in [6.45, 7) is 1.44. The van der Waals surface area contributed by atoms with E-state index < -0.39 is 0 Å². The number of ether oxygens (including phenoxy) is 2. The molecule has 4 heteroatoms.